The molecule has 2 unspecified atom stereocenters. The van der Waals surface area contributed by atoms with Crippen LogP contribution in [0.1, 0.15) is 30.9 Å². The fourth-order valence-corrected chi connectivity index (χ4v) is 2.81. The molecule has 1 aromatic carbocycles. The van der Waals surface area contributed by atoms with Crippen LogP contribution in [0, 0.1) is 11.8 Å². The normalized spacial score (nSPS) is 19.6. The minimum absolute atomic E-state index is 0.0455. The van der Waals surface area contributed by atoms with E-state index in [9.17, 15) is 18.0 Å². The van der Waals surface area contributed by atoms with Crippen molar-refractivity contribution >= 4 is 5.91 Å². The third kappa shape index (κ3) is 5.53. The molecule has 1 aliphatic rings. The number of carbonyl (C=O) groups excluding carboxylic acids is 1. The highest BCUT2D eigenvalue weighted by atomic mass is 19.4. The highest BCUT2D eigenvalue weighted by Crippen LogP contribution is 2.29. The molecular formula is C17H23F3N2O. The summed E-state index contributed by atoms with van der Waals surface area (Å²) in [6, 6.07) is 5.01. The first-order valence-electron chi connectivity index (χ1n) is 8.01. The van der Waals surface area contributed by atoms with Crippen LogP contribution in [0.2, 0.25) is 0 Å². The SMILES string of the molecule is CC(Cc1ccc(C(F)(F)F)cc1)C(=O)NCCC1CCNC1. The Morgan fingerprint density at radius 3 is 2.61 bits per heavy atom. The van der Waals surface area contributed by atoms with Crippen molar-refractivity contribution in [1.29, 1.82) is 0 Å². The molecule has 0 aliphatic carbocycles. The third-order valence-electron chi connectivity index (χ3n) is 4.28. The highest BCUT2D eigenvalue weighted by Gasteiger charge is 2.30. The molecule has 1 amide bonds. The molecule has 0 spiro atoms. The van der Waals surface area contributed by atoms with Crippen LogP contribution in [0.15, 0.2) is 24.3 Å². The predicted molar refractivity (Wildman–Crippen MR) is 82.9 cm³/mol. The lowest BCUT2D eigenvalue weighted by molar-refractivity contribution is -0.137. The van der Waals surface area contributed by atoms with E-state index < -0.39 is 11.7 Å². The first-order valence-corrected chi connectivity index (χ1v) is 8.01. The molecule has 1 aromatic rings. The van der Waals surface area contributed by atoms with E-state index >= 15 is 0 Å². The summed E-state index contributed by atoms with van der Waals surface area (Å²) < 4.78 is 37.5. The highest BCUT2D eigenvalue weighted by molar-refractivity contribution is 5.78. The Balaban J connectivity index is 1.76. The van der Waals surface area contributed by atoms with Gasteiger partial charge < -0.3 is 10.6 Å². The van der Waals surface area contributed by atoms with Gasteiger partial charge in [0.2, 0.25) is 5.91 Å². The molecule has 1 heterocycles. The van der Waals surface area contributed by atoms with Gasteiger partial charge in [0.25, 0.3) is 0 Å². The molecule has 2 rings (SSSR count). The zero-order valence-corrected chi connectivity index (χ0v) is 13.2. The van der Waals surface area contributed by atoms with E-state index in [1.165, 1.54) is 12.1 Å². The lowest BCUT2D eigenvalue weighted by atomic mass is 9.99. The second-order valence-corrected chi connectivity index (χ2v) is 6.24. The number of carbonyl (C=O) groups is 1. The van der Waals surface area contributed by atoms with Gasteiger partial charge in [0, 0.05) is 12.5 Å². The number of alkyl halides is 3. The summed E-state index contributed by atoms with van der Waals surface area (Å²) in [5.41, 5.74) is 0.0733. The van der Waals surface area contributed by atoms with Crippen LogP contribution in [0.4, 0.5) is 13.2 Å². The van der Waals surface area contributed by atoms with E-state index in [0.717, 1.165) is 43.6 Å². The van der Waals surface area contributed by atoms with Crippen LogP contribution in [-0.4, -0.2) is 25.5 Å². The molecule has 1 saturated heterocycles. The summed E-state index contributed by atoms with van der Waals surface area (Å²) >= 11 is 0. The van der Waals surface area contributed by atoms with Gasteiger partial charge in [0.05, 0.1) is 5.56 Å². The van der Waals surface area contributed by atoms with Crippen molar-refractivity contribution in [3.63, 3.8) is 0 Å². The third-order valence-corrected chi connectivity index (χ3v) is 4.28. The molecule has 0 aromatic heterocycles. The van der Waals surface area contributed by atoms with Crippen molar-refractivity contribution in [1.82, 2.24) is 10.6 Å². The summed E-state index contributed by atoms with van der Waals surface area (Å²) in [6.07, 6.45) is -1.77. The topological polar surface area (TPSA) is 41.1 Å². The second-order valence-electron chi connectivity index (χ2n) is 6.24. The Hall–Kier alpha value is -1.56. The monoisotopic (exact) mass is 328 g/mol. The van der Waals surface area contributed by atoms with E-state index in [0.29, 0.717) is 18.9 Å². The fourth-order valence-electron chi connectivity index (χ4n) is 2.81. The van der Waals surface area contributed by atoms with Crippen molar-refractivity contribution in [2.45, 2.75) is 32.4 Å². The summed E-state index contributed by atoms with van der Waals surface area (Å²) in [6.45, 7) is 4.51. The van der Waals surface area contributed by atoms with Crippen molar-refractivity contribution in [2.24, 2.45) is 11.8 Å². The van der Waals surface area contributed by atoms with Gasteiger partial charge in [-0.25, -0.2) is 0 Å². The number of rotatable bonds is 6. The maximum atomic E-state index is 12.5. The summed E-state index contributed by atoms with van der Waals surface area (Å²) in [5.74, 6) is 0.324. The van der Waals surface area contributed by atoms with Crippen LogP contribution < -0.4 is 10.6 Å². The van der Waals surface area contributed by atoms with E-state index in [2.05, 4.69) is 10.6 Å². The van der Waals surface area contributed by atoms with Gasteiger partial charge in [0.1, 0.15) is 0 Å². The molecule has 2 N–H and O–H groups in total. The maximum absolute atomic E-state index is 12.5. The van der Waals surface area contributed by atoms with Gasteiger partial charge in [-0.3, -0.25) is 4.79 Å². The number of benzene rings is 1. The minimum Gasteiger partial charge on any atom is -0.356 e. The van der Waals surface area contributed by atoms with Crippen LogP contribution in [0.5, 0.6) is 0 Å². The van der Waals surface area contributed by atoms with Crippen LogP contribution >= 0.6 is 0 Å². The van der Waals surface area contributed by atoms with Crippen molar-refractivity contribution in [3.8, 4) is 0 Å². The number of nitrogens with one attached hydrogen (secondary N) is 2. The lowest BCUT2D eigenvalue weighted by Crippen LogP contribution is -2.32. The summed E-state index contributed by atoms with van der Waals surface area (Å²) in [7, 11) is 0. The Bertz CT molecular complexity index is 508. The molecule has 0 bridgehead atoms. The van der Waals surface area contributed by atoms with E-state index in [-0.39, 0.29) is 11.8 Å². The molecule has 0 saturated carbocycles. The van der Waals surface area contributed by atoms with Crippen molar-refractivity contribution in [3.05, 3.63) is 35.4 Å². The van der Waals surface area contributed by atoms with Crippen molar-refractivity contribution < 1.29 is 18.0 Å². The second kappa shape index (κ2) is 7.81. The Labute approximate surface area is 134 Å². The van der Waals surface area contributed by atoms with Crippen molar-refractivity contribution in [2.75, 3.05) is 19.6 Å². The first-order chi connectivity index (χ1) is 10.9. The van der Waals surface area contributed by atoms with Gasteiger partial charge in [0.15, 0.2) is 0 Å². The Morgan fingerprint density at radius 1 is 1.35 bits per heavy atom. The smallest absolute Gasteiger partial charge is 0.356 e. The molecule has 23 heavy (non-hydrogen) atoms. The van der Waals surface area contributed by atoms with Gasteiger partial charge in [-0.15, -0.1) is 0 Å². The lowest BCUT2D eigenvalue weighted by Gasteiger charge is -2.14. The Morgan fingerprint density at radius 2 is 2.04 bits per heavy atom. The van der Waals surface area contributed by atoms with Crippen LogP contribution in [-0.2, 0) is 17.4 Å². The van der Waals surface area contributed by atoms with E-state index in [4.69, 9.17) is 0 Å². The maximum Gasteiger partial charge on any atom is 0.416 e. The number of amides is 1. The number of halogens is 3. The van der Waals surface area contributed by atoms with E-state index in [1.807, 2.05) is 0 Å². The predicted octanol–water partition coefficient (Wildman–Crippen LogP) is 3.00. The van der Waals surface area contributed by atoms with Crippen LogP contribution in [0.3, 0.4) is 0 Å². The molecule has 3 nitrogen and oxygen atoms in total. The molecule has 128 valence electrons. The zero-order valence-electron chi connectivity index (χ0n) is 13.2. The minimum atomic E-state index is -4.32. The molecule has 6 heteroatoms. The Kier molecular flexibility index (Phi) is 6.04. The summed E-state index contributed by atoms with van der Waals surface area (Å²) in [5, 5.41) is 6.21. The molecule has 1 fully saturated rings. The summed E-state index contributed by atoms with van der Waals surface area (Å²) in [4.78, 5) is 12.0. The number of hydrogen-bond donors (Lipinski definition) is 2. The standard InChI is InChI=1S/C17H23F3N2O/c1-12(16(23)22-9-7-14-6-8-21-11-14)10-13-2-4-15(5-3-13)17(18,19)20/h2-5,12,14,21H,6-11H2,1H3,(H,22,23). The fraction of sp³-hybridized carbons (Fsp3) is 0.588. The molecule has 1 aliphatic heterocycles. The van der Waals surface area contributed by atoms with Crippen LogP contribution in [0.25, 0.3) is 0 Å². The zero-order chi connectivity index (χ0) is 16.9. The van der Waals surface area contributed by atoms with Gasteiger partial charge in [-0.2, -0.15) is 13.2 Å². The quantitative estimate of drug-likeness (QED) is 0.843. The molecular weight excluding hydrogens is 305 g/mol. The largest absolute Gasteiger partial charge is 0.416 e. The average Bonchev–Trinajstić information content (AvgIpc) is 3.00. The van der Waals surface area contributed by atoms with E-state index in [1.54, 1.807) is 6.92 Å². The average molecular weight is 328 g/mol. The van der Waals surface area contributed by atoms with Gasteiger partial charge >= 0.3 is 6.18 Å². The molecule has 0 radical (unpaired) electrons. The molecule has 2 atom stereocenters. The number of hydrogen-bond acceptors (Lipinski definition) is 2. The van der Waals surface area contributed by atoms with Gasteiger partial charge in [-0.1, -0.05) is 19.1 Å². The van der Waals surface area contributed by atoms with Gasteiger partial charge in [-0.05, 0) is 56.0 Å². The first kappa shape index (κ1) is 17.8.